The topological polar surface area (TPSA) is 46.2 Å². The van der Waals surface area contributed by atoms with Crippen LogP contribution in [0.25, 0.3) is 0 Å². The van der Waals surface area contributed by atoms with Crippen molar-refractivity contribution in [3.05, 3.63) is 0 Å². The van der Waals surface area contributed by atoms with Gasteiger partial charge in [0.2, 0.25) is 5.91 Å². The van der Waals surface area contributed by atoms with Crippen molar-refractivity contribution >= 4 is 23.5 Å². The van der Waals surface area contributed by atoms with Crippen molar-refractivity contribution in [1.82, 2.24) is 5.32 Å². The second-order valence-corrected chi connectivity index (χ2v) is 5.32. The molecule has 0 saturated heterocycles. The molecule has 0 aromatic carbocycles. The monoisotopic (exact) mass is 217 g/mol. The number of hydrogen-bond acceptors (Lipinski definition) is 3. The number of carbonyl (C=O) groups is 2. The van der Waals surface area contributed by atoms with Crippen LogP contribution < -0.4 is 5.32 Å². The van der Waals surface area contributed by atoms with E-state index in [0.29, 0.717) is 11.0 Å². The fourth-order valence-corrected chi connectivity index (χ4v) is 1.27. The highest BCUT2D eigenvalue weighted by Crippen LogP contribution is 2.07. The highest BCUT2D eigenvalue weighted by Gasteiger charge is 2.09. The van der Waals surface area contributed by atoms with Crippen LogP contribution >= 0.6 is 11.8 Å². The minimum atomic E-state index is -0.0577. The van der Waals surface area contributed by atoms with Crippen molar-refractivity contribution in [3.8, 4) is 0 Å². The van der Waals surface area contributed by atoms with Gasteiger partial charge in [-0.3, -0.25) is 9.59 Å². The molecular formula is C10H19NO2S. The smallest absolute Gasteiger partial charge is 0.230 e. The predicted molar refractivity (Wildman–Crippen MR) is 60.4 cm³/mol. The lowest BCUT2D eigenvalue weighted by molar-refractivity contribution is -0.125. The van der Waals surface area contributed by atoms with E-state index in [1.165, 1.54) is 0 Å². The molecule has 82 valence electrons. The number of hydrogen-bond donors (Lipinski definition) is 1. The Morgan fingerprint density at radius 3 is 2.21 bits per heavy atom. The SMILES string of the molecule is CC(C)SCC(=O)NCC(=O)C(C)C. The molecule has 0 bridgehead atoms. The lowest BCUT2D eigenvalue weighted by Crippen LogP contribution is -2.32. The first-order chi connectivity index (χ1) is 6.43. The summed E-state index contributed by atoms with van der Waals surface area (Å²) in [5.74, 6) is 0.446. The zero-order valence-corrected chi connectivity index (χ0v) is 10.1. The fourth-order valence-electron chi connectivity index (χ4n) is 0.683. The van der Waals surface area contributed by atoms with E-state index in [-0.39, 0.29) is 24.2 Å². The Morgan fingerprint density at radius 1 is 1.21 bits per heavy atom. The summed E-state index contributed by atoms with van der Waals surface area (Å²) in [6, 6.07) is 0. The van der Waals surface area contributed by atoms with E-state index in [1.54, 1.807) is 11.8 Å². The molecule has 4 heteroatoms. The summed E-state index contributed by atoms with van der Waals surface area (Å²) < 4.78 is 0. The van der Waals surface area contributed by atoms with Crippen LogP contribution in [0.1, 0.15) is 27.7 Å². The highest BCUT2D eigenvalue weighted by molar-refractivity contribution is 8.00. The van der Waals surface area contributed by atoms with Gasteiger partial charge in [0.25, 0.3) is 0 Å². The van der Waals surface area contributed by atoms with Crippen molar-refractivity contribution < 1.29 is 9.59 Å². The van der Waals surface area contributed by atoms with E-state index in [4.69, 9.17) is 0 Å². The molecule has 0 rings (SSSR count). The van der Waals surface area contributed by atoms with Gasteiger partial charge in [-0.2, -0.15) is 0 Å². The van der Waals surface area contributed by atoms with Crippen LogP contribution in [0.4, 0.5) is 0 Å². The van der Waals surface area contributed by atoms with E-state index in [9.17, 15) is 9.59 Å². The van der Waals surface area contributed by atoms with Gasteiger partial charge in [0.1, 0.15) is 0 Å². The van der Waals surface area contributed by atoms with Crippen LogP contribution in [-0.2, 0) is 9.59 Å². The van der Waals surface area contributed by atoms with Crippen LogP contribution in [0.3, 0.4) is 0 Å². The lowest BCUT2D eigenvalue weighted by Gasteiger charge is -2.07. The van der Waals surface area contributed by atoms with Gasteiger partial charge < -0.3 is 5.32 Å². The van der Waals surface area contributed by atoms with E-state index in [1.807, 2.05) is 27.7 Å². The summed E-state index contributed by atoms with van der Waals surface area (Å²) in [5.41, 5.74) is 0. The van der Waals surface area contributed by atoms with E-state index in [2.05, 4.69) is 5.32 Å². The van der Waals surface area contributed by atoms with Gasteiger partial charge in [0, 0.05) is 5.92 Å². The molecule has 0 fully saturated rings. The minimum absolute atomic E-state index is 0.00643. The number of rotatable bonds is 6. The van der Waals surface area contributed by atoms with E-state index in [0.717, 1.165) is 0 Å². The molecule has 1 amide bonds. The molecule has 0 heterocycles. The minimum Gasteiger partial charge on any atom is -0.348 e. The molecule has 0 aliphatic heterocycles. The first kappa shape index (κ1) is 13.5. The maximum absolute atomic E-state index is 11.2. The lowest BCUT2D eigenvalue weighted by atomic mass is 10.1. The molecular weight excluding hydrogens is 198 g/mol. The Balaban J connectivity index is 3.59. The third-order valence-corrected chi connectivity index (χ3v) is 2.75. The molecule has 0 atom stereocenters. The molecule has 1 N–H and O–H groups in total. The number of amides is 1. The first-order valence-electron chi connectivity index (χ1n) is 4.84. The Kier molecular flexibility index (Phi) is 6.62. The summed E-state index contributed by atoms with van der Waals surface area (Å²) in [4.78, 5) is 22.4. The normalized spacial score (nSPS) is 10.7. The Bertz CT molecular complexity index is 202. The second kappa shape index (κ2) is 6.87. The highest BCUT2D eigenvalue weighted by atomic mass is 32.2. The molecule has 0 aliphatic rings. The Morgan fingerprint density at radius 2 is 1.79 bits per heavy atom. The van der Waals surface area contributed by atoms with Crippen molar-refractivity contribution in [2.45, 2.75) is 32.9 Å². The van der Waals surface area contributed by atoms with Crippen LogP contribution in [0.2, 0.25) is 0 Å². The van der Waals surface area contributed by atoms with Crippen molar-refractivity contribution in [2.24, 2.45) is 5.92 Å². The van der Waals surface area contributed by atoms with Gasteiger partial charge in [-0.25, -0.2) is 0 Å². The average Bonchev–Trinajstić information content (AvgIpc) is 2.10. The third-order valence-electron chi connectivity index (χ3n) is 1.65. The third kappa shape index (κ3) is 6.95. The number of ketones is 1. The summed E-state index contributed by atoms with van der Waals surface area (Å²) >= 11 is 1.58. The second-order valence-electron chi connectivity index (χ2n) is 3.76. The standard InChI is InChI=1S/C10H19NO2S/c1-7(2)9(12)5-11-10(13)6-14-8(3)4/h7-8H,5-6H2,1-4H3,(H,11,13). The molecule has 0 radical (unpaired) electrons. The number of thioether (sulfide) groups is 1. The van der Waals surface area contributed by atoms with Crippen molar-refractivity contribution in [1.29, 1.82) is 0 Å². The maximum Gasteiger partial charge on any atom is 0.230 e. The fraction of sp³-hybridized carbons (Fsp3) is 0.800. The molecule has 0 aromatic rings. The summed E-state index contributed by atoms with van der Waals surface area (Å²) in [6.07, 6.45) is 0. The zero-order chi connectivity index (χ0) is 11.1. The van der Waals surface area contributed by atoms with Gasteiger partial charge in [-0.1, -0.05) is 27.7 Å². The summed E-state index contributed by atoms with van der Waals surface area (Å²) in [7, 11) is 0. The number of carbonyl (C=O) groups excluding carboxylic acids is 2. The largest absolute Gasteiger partial charge is 0.348 e. The molecule has 0 unspecified atom stereocenters. The van der Waals surface area contributed by atoms with Crippen molar-refractivity contribution in [2.75, 3.05) is 12.3 Å². The molecule has 0 aliphatic carbocycles. The maximum atomic E-state index is 11.2. The summed E-state index contributed by atoms with van der Waals surface area (Å²) in [6.45, 7) is 7.90. The molecule has 3 nitrogen and oxygen atoms in total. The number of nitrogens with one attached hydrogen (secondary N) is 1. The molecule has 0 aromatic heterocycles. The van der Waals surface area contributed by atoms with Crippen molar-refractivity contribution in [3.63, 3.8) is 0 Å². The van der Waals surface area contributed by atoms with Crippen LogP contribution in [0.15, 0.2) is 0 Å². The zero-order valence-electron chi connectivity index (χ0n) is 9.29. The number of Topliss-reactive ketones (excluding diaryl/α,β-unsaturated/α-hetero) is 1. The van der Waals surface area contributed by atoms with E-state index < -0.39 is 0 Å². The molecule has 0 saturated carbocycles. The predicted octanol–water partition coefficient (Wildman–Crippen LogP) is 1.47. The summed E-state index contributed by atoms with van der Waals surface area (Å²) in [5, 5.41) is 3.06. The Hall–Kier alpha value is -0.510. The van der Waals surface area contributed by atoms with Gasteiger partial charge in [0.15, 0.2) is 5.78 Å². The van der Waals surface area contributed by atoms with Gasteiger partial charge in [0.05, 0.1) is 12.3 Å². The van der Waals surface area contributed by atoms with Crippen LogP contribution in [0, 0.1) is 5.92 Å². The van der Waals surface area contributed by atoms with Gasteiger partial charge in [-0.15, -0.1) is 11.8 Å². The van der Waals surface area contributed by atoms with E-state index >= 15 is 0 Å². The Labute approximate surface area is 90.0 Å². The van der Waals surface area contributed by atoms with Gasteiger partial charge >= 0.3 is 0 Å². The van der Waals surface area contributed by atoms with Gasteiger partial charge in [-0.05, 0) is 5.25 Å². The van der Waals surface area contributed by atoms with Crippen LogP contribution in [0.5, 0.6) is 0 Å². The molecule has 0 spiro atoms. The first-order valence-corrected chi connectivity index (χ1v) is 5.89. The average molecular weight is 217 g/mol. The quantitative estimate of drug-likeness (QED) is 0.733. The van der Waals surface area contributed by atoms with Crippen LogP contribution in [-0.4, -0.2) is 29.2 Å². The molecule has 14 heavy (non-hydrogen) atoms.